The molecule has 11 heteroatoms. The van der Waals surface area contributed by atoms with Crippen molar-refractivity contribution in [1.82, 2.24) is 5.06 Å². The molecule has 0 unspecified atom stereocenters. The monoisotopic (exact) mass is 412 g/mol. The van der Waals surface area contributed by atoms with Crippen molar-refractivity contribution in [3.63, 3.8) is 0 Å². The Morgan fingerprint density at radius 1 is 1.34 bits per heavy atom. The summed E-state index contributed by atoms with van der Waals surface area (Å²) in [4.78, 5) is 40.1. The van der Waals surface area contributed by atoms with Gasteiger partial charge in [-0.3, -0.25) is 19.2 Å². The SMILES string of the molecule is NC[C@@H](CNc1ccc(N2CCON(C(=O)CCC(=O)O)CC2)c(F)c1)OC=O. The van der Waals surface area contributed by atoms with Crippen molar-refractivity contribution < 1.29 is 33.5 Å². The van der Waals surface area contributed by atoms with Gasteiger partial charge in [0.1, 0.15) is 11.9 Å². The van der Waals surface area contributed by atoms with Gasteiger partial charge in [-0.05, 0) is 18.2 Å². The molecule has 4 N–H and O–H groups in total. The van der Waals surface area contributed by atoms with Crippen molar-refractivity contribution >= 4 is 29.7 Å². The third-order valence-corrected chi connectivity index (χ3v) is 4.35. The normalized spacial score (nSPS) is 15.4. The largest absolute Gasteiger partial charge is 0.481 e. The quantitative estimate of drug-likeness (QED) is 0.460. The smallest absolute Gasteiger partial charge is 0.303 e. The Kier molecular flexibility index (Phi) is 8.62. The molecule has 1 amide bonds. The summed E-state index contributed by atoms with van der Waals surface area (Å²) in [5.74, 6) is -1.93. The Bertz CT molecular complexity index is 720. The van der Waals surface area contributed by atoms with Crippen LogP contribution in [-0.4, -0.2) is 74.0 Å². The molecular weight excluding hydrogens is 387 g/mol. The van der Waals surface area contributed by atoms with Gasteiger partial charge in [-0.15, -0.1) is 0 Å². The van der Waals surface area contributed by atoms with Crippen LogP contribution in [0, 0.1) is 5.82 Å². The molecule has 0 aromatic heterocycles. The number of carbonyl (C=O) groups is 3. The molecular formula is C18H25FN4O6. The third kappa shape index (κ3) is 6.88. The molecule has 0 aliphatic carbocycles. The van der Waals surface area contributed by atoms with Gasteiger partial charge in [-0.25, -0.2) is 9.45 Å². The third-order valence-electron chi connectivity index (χ3n) is 4.35. The molecule has 1 aromatic carbocycles. The highest BCUT2D eigenvalue weighted by atomic mass is 19.1. The molecule has 1 aliphatic heterocycles. The fourth-order valence-corrected chi connectivity index (χ4v) is 2.80. The molecule has 1 atom stereocenters. The molecule has 10 nitrogen and oxygen atoms in total. The van der Waals surface area contributed by atoms with E-state index in [9.17, 15) is 18.8 Å². The Morgan fingerprint density at radius 2 is 2.14 bits per heavy atom. The molecule has 0 radical (unpaired) electrons. The number of benzene rings is 1. The van der Waals surface area contributed by atoms with E-state index in [2.05, 4.69) is 5.32 Å². The Hall–Kier alpha value is -2.92. The van der Waals surface area contributed by atoms with Gasteiger partial charge in [0.25, 0.3) is 6.47 Å². The Morgan fingerprint density at radius 3 is 2.79 bits per heavy atom. The average Bonchev–Trinajstić information content (AvgIpc) is 2.95. The fourth-order valence-electron chi connectivity index (χ4n) is 2.80. The molecule has 1 fully saturated rings. The number of hydrogen-bond acceptors (Lipinski definition) is 8. The van der Waals surface area contributed by atoms with Crippen molar-refractivity contribution in [3.05, 3.63) is 24.0 Å². The number of carboxylic acids is 1. The number of rotatable bonds is 10. The van der Waals surface area contributed by atoms with E-state index in [-0.39, 0.29) is 39.1 Å². The fraction of sp³-hybridized carbons (Fsp3) is 0.500. The maximum atomic E-state index is 14.6. The summed E-state index contributed by atoms with van der Waals surface area (Å²) in [6, 6.07) is 4.62. The second-order valence-electron chi connectivity index (χ2n) is 6.35. The molecule has 0 spiro atoms. The van der Waals surface area contributed by atoms with Crippen LogP contribution < -0.4 is 16.0 Å². The predicted molar refractivity (Wildman–Crippen MR) is 102 cm³/mol. The molecule has 2 rings (SSSR count). The zero-order valence-electron chi connectivity index (χ0n) is 15.9. The molecule has 160 valence electrons. The highest BCUT2D eigenvalue weighted by Gasteiger charge is 2.22. The molecule has 1 aromatic rings. The summed E-state index contributed by atoms with van der Waals surface area (Å²) in [6.45, 7) is 1.78. The van der Waals surface area contributed by atoms with E-state index in [1.165, 1.54) is 6.07 Å². The Labute approximate surface area is 167 Å². The van der Waals surface area contributed by atoms with Crippen molar-refractivity contribution in [2.75, 3.05) is 49.5 Å². The second kappa shape index (κ2) is 11.2. The number of carbonyl (C=O) groups excluding carboxylic acids is 2. The number of aliphatic carboxylic acids is 1. The lowest BCUT2D eigenvalue weighted by atomic mass is 10.2. The van der Waals surface area contributed by atoms with E-state index >= 15 is 0 Å². The van der Waals surface area contributed by atoms with Crippen LogP contribution in [0.5, 0.6) is 0 Å². The van der Waals surface area contributed by atoms with Crippen molar-refractivity contribution in [2.24, 2.45) is 5.73 Å². The summed E-state index contributed by atoms with van der Waals surface area (Å²) in [5, 5.41) is 12.8. The summed E-state index contributed by atoms with van der Waals surface area (Å²) < 4.78 is 19.4. The van der Waals surface area contributed by atoms with E-state index in [4.69, 9.17) is 20.4 Å². The second-order valence-corrected chi connectivity index (χ2v) is 6.35. The van der Waals surface area contributed by atoms with Crippen LogP contribution in [-0.2, 0) is 24.0 Å². The highest BCUT2D eigenvalue weighted by Crippen LogP contribution is 2.24. The number of hydroxylamine groups is 2. The number of carboxylic acid groups (broad SMARTS) is 1. The van der Waals surface area contributed by atoms with E-state index in [1.807, 2.05) is 0 Å². The number of halogens is 1. The topological polar surface area (TPSA) is 134 Å². The summed E-state index contributed by atoms with van der Waals surface area (Å²) >= 11 is 0. The van der Waals surface area contributed by atoms with E-state index in [0.717, 1.165) is 5.06 Å². The number of nitrogens with one attached hydrogen (secondary N) is 1. The number of ether oxygens (including phenoxy) is 1. The summed E-state index contributed by atoms with van der Waals surface area (Å²) in [7, 11) is 0. The van der Waals surface area contributed by atoms with Crippen LogP contribution in [0.25, 0.3) is 0 Å². The molecule has 1 heterocycles. The van der Waals surface area contributed by atoms with Crippen LogP contribution in [0.15, 0.2) is 18.2 Å². The number of anilines is 2. The van der Waals surface area contributed by atoms with Crippen LogP contribution in [0.1, 0.15) is 12.8 Å². The summed E-state index contributed by atoms with van der Waals surface area (Å²) in [5.41, 5.74) is 6.35. The lowest BCUT2D eigenvalue weighted by molar-refractivity contribution is -0.182. The van der Waals surface area contributed by atoms with E-state index in [1.54, 1.807) is 17.0 Å². The molecule has 0 bridgehead atoms. The maximum Gasteiger partial charge on any atom is 0.303 e. The van der Waals surface area contributed by atoms with Gasteiger partial charge in [-0.1, -0.05) is 0 Å². The minimum Gasteiger partial charge on any atom is -0.481 e. The minimum atomic E-state index is -1.05. The first-order valence-electron chi connectivity index (χ1n) is 9.17. The van der Waals surface area contributed by atoms with E-state index in [0.29, 0.717) is 30.9 Å². The average molecular weight is 412 g/mol. The van der Waals surface area contributed by atoms with Gasteiger partial charge in [-0.2, -0.15) is 0 Å². The van der Waals surface area contributed by atoms with Gasteiger partial charge in [0.2, 0.25) is 5.91 Å². The molecule has 1 aliphatic rings. The predicted octanol–water partition coefficient (Wildman–Crippen LogP) is 0.183. The van der Waals surface area contributed by atoms with Crippen molar-refractivity contribution in [3.8, 4) is 0 Å². The van der Waals surface area contributed by atoms with Gasteiger partial charge < -0.3 is 25.8 Å². The van der Waals surface area contributed by atoms with Gasteiger partial charge >= 0.3 is 5.97 Å². The van der Waals surface area contributed by atoms with Gasteiger partial charge in [0.15, 0.2) is 0 Å². The van der Waals surface area contributed by atoms with Crippen LogP contribution in [0.4, 0.5) is 15.8 Å². The lowest BCUT2D eigenvalue weighted by Gasteiger charge is -2.23. The first kappa shape index (κ1) is 22.4. The molecule has 1 saturated heterocycles. The summed E-state index contributed by atoms with van der Waals surface area (Å²) in [6.07, 6.45) is -0.932. The first-order valence-corrected chi connectivity index (χ1v) is 9.17. The lowest BCUT2D eigenvalue weighted by Crippen LogP contribution is -2.34. The Balaban J connectivity index is 1.94. The van der Waals surface area contributed by atoms with E-state index < -0.39 is 23.8 Å². The standard InChI is InChI=1S/C18H25FN4O6/c19-15-9-13(21-11-14(10-20)28-12-24)1-2-16(15)22-5-6-23(29-8-7-22)17(25)3-4-18(26)27/h1-2,9,12,14,21H,3-8,10-11,20H2,(H,26,27)/t14-/m0/s1. The van der Waals surface area contributed by atoms with Crippen molar-refractivity contribution in [1.29, 1.82) is 0 Å². The highest BCUT2D eigenvalue weighted by molar-refractivity contribution is 5.80. The minimum absolute atomic E-state index is 0.141. The maximum absolute atomic E-state index is 14.6. The number of hydrogen-bond donors (Lipinski definition) is 3. The first-order chi connectivity index (χ1) is 13.9. The molecule has 0 saturated carbocycles. The van der Waals surface area contributed by atoms with Crippen LogP contribution >= 0.6 is 0 Å². The zero-order chi connectivity index (χ0) is 21.2. The van der Waals surface area contributed by atoms with Crippen LogP contribution in [0.3, 0.4) is 0 Å². The van der Waals surface area contributed by atoms with Crippen molar-refractivity contribution in [2.45, 2.75) is 18.9 Å². The zero-order valence-corrected chi connectivity index (χ0v) is 15.9. The number of nitrogens with two attached hydrogens (primary N) is 1. The van der Waals surface area contributed by atoms with Gasteiger partial charge in [0, 0.05) is 31.7 Å². The number of amides is 1. The molecule has 29 heavy (non-hydrogen) atoms. The van der Waals surface area contributed by atoms with Crippen LogP contribution in [0.2, 0.25) is 0 Å². The van der Waals surface area contributed by atoms with Gasteiger partial charge in [0.05, 0.1) is 31.8 Å². The number of nitrogens with zero attached hydrogens (tertiary/aromatic N) is 2.